The highest BCUT2D eigenvalue weighted by Gasteiger charge is 2.12. The fourth-order valence-electron chi connectivity index (χ4n) is 1.67. The molecule has 1 heterocycles. The number of halogens is 1. The Morgan fingerprint density at radius 2 is 2.00 bits per heavy atom. The van der Waals surface area contributed by atoms with E-state index in [4.69, 9.17) is 11.6 Å². The third-order valence-electron chi connectivity index (χ3n) is 2.37. The summed E-state index contributed by atoms with van der Waals surface area (Å²) in [6.07, 6.45) is 1.16. The van der Waals surface area contributed by atoms with Gasteiger partial charge in [-0.2, -0.15) is 0 Å². The first kappa shape index (κ1) is 11.5. The molecule has 0 saturated carbocycles. The second-order valence-corrected chi connectivity index (χ2v) is 3.84. The summed E-state index contributed by atoms with van der Waals surface area (Å²) in [6.45, 7) is 2.20. The van der Waals surface area contributed by atoms with Crippen LogP contribution in [0.1, 0.15) is 11.1 Å². The van der Waals surface area contributed by atoms with E-state index in [1.807, 2.05) is 6.07 Å². The summed E-state index contributed by atoms with van der Waals surface area (Å²) in [7, 11) is 3.64. The highest BCUT2D eigenvalue weighted by Crippen LogP contribution is 2.21. The van der Waals surface area contributed by atoms with E-state index >= 15 is 0 Å². The molecule has 14 heavy (non-hydrogen) atoms. The second-order valence-electron chi connectivity index (χ2n) is 3.40. The molecule has 0 aromatic heterocycles. The van der Waals surface area contributed by atoms with Crippen LogP contribution in [-0.4, -0.2) is 25.5 Å². The van der Waals surface area contributed by atoms with Crippen LogP contribution in [-0.2, 0) is 13.0 Å². The third-order valence-corrected chi connectivity index (χ3v) is 2.61. The second kappa shape index (κ2) is 5.35. The van der Waals surface area contributed by atoms with Crippen LogP contribution in [0.3, 0.4) is 0 Å². The Bertz CT molecular complexity index is 299. The third kappa shape index (κ3) is 2.71. The minimum atomic E-state index is 0.851. The largest absolute Gasteiger partial charge is 0.333 e. The van der Waals surface area contributed by atoms with E-state index in [-0.39, 0.29) is 0 Å². The molecule has 0 unspecified atom stereocenters. The first-order valence-corrected chi connectivity index (χ1v) is 5.17. The Morgan fingerprint density at radius 3 is 2.71 bits per heavy atom. The van der Waals surface area contributed by atoms with Crippen LogP contribution < -0.4 is 5.73 Å². The SMILES string of the molecule is CN.CN1CCc2ccc(Cl)cc2C1. The van der Waals surface area contributed by atoms with Crippen molar-refractivity contribution in [1.82, 2.24) is 4.90 Å². The van der Waals surface area contributed by atoms with E-state index in [9.17, 15) is 0 Å². The van der Waals surface area contributed by atoms with Gasteiger partial charge in [0.1, 0.15) is 0 Å². The van der Waals surface area contributed by atoms with Gasteiger partial charge < -0.3 is 10.6 Å². The monoisotopic (exact) mass is 212 g/mol. The highest BCUT2D eigenvalue weighted by atomic mass is 35.5. The summed E-state index contributed by atoms with van der Waals surface area (Å²) < 4.78 is 0. The Balaban J connectivity index is 0.000000461. The van der Waals surface area contributed by atoms with Gasteiger partial charge in [0.25, 0.3) is 0 Å². The molecular weight excluding hydrogens is 196 g/mol. The summed E-state index contributed by atoms with van der Waals surface area (Å²) in [5.41, 5.74) is 7.34. The highest BCUT2D eigenvalue weighted by molar-refractivity contribution is 6.30. The molecule has 1 aromatic rings. The van der Waals surface area contributed by atoms with E-state index < -0.39 is 0 Å². The van der Waals surface area contributed by atoms with Crippen molar-refractivity contribution >= 4 is 11.6 Å². The smallest absolute Gasteiger partial charge is 0.0409 e. The summed E-state index contributed by atoms with van der Waals surface area (Å²) in [6, 6.07) is 6.20. The van der Waals surface area contributed by atoms with Crippen LogP contribution in [0.5, 0.6) is 0 Å². The summed E-state index contributed by atoms with van der Waals surface area (Å²) >= 11 is 5.91. The van der Waals surface area contributed by atoms with Gasteiger partial charge in [0.05, 0.1) is 0 Å². The van der Waals surface area contributed by atoms with Gasteiger partial charge in [-0.25, -0.2) is 0 Å². The van der Waals surface area contributed by atoms with Gasteiger partial charge in [-0.3, -0.25) is 0 Å². The number of nitrogens with two attached hydrogens (primary N) is 1. The lowest BCUT2D eigenvalue weighted by Crippen LogP contribution is -2.26. The summed E-state index contributed by atoms with van der Waals surface area (Å²) in [5, 5.41) is 0.851. The minimum absolute atomic E-state index is 0.851. The van der Waals surface area contributed by atoms with Gasteiger partial charge in [0.15, 0.2) is 0 Å². The van der Waals surface area contributed by atoms with Gasteiger partial charge in [-0.15, -0.1) is 0 Å². The Morgan fingerprint density at radius 1 is 1.29 bits per heavy atom. The van der Waals surface area contributed by atoms with Gasteiger partial charge in [-0.05, 0) is 43.8 Å². The van der Waals surface area contributed by atoms with Gasteiger partial charge in [0, 0.05) is 18.1 Å². The van der Waals surface area contributed by atoms with Crippen LogP contribution in [0.2, 0.25) is 5.02 Å². The maximum atomic E-state index is 5.91. The van der Waals surface area contributed by atoms with Crippen molar-refractivity contribution in [3.05, 3.63) is 34.3 Å². The molecule has 0 fully saturated rings. The molecule has 0 atom stereocenters. The quantitative estimate of drug-likeness (QED) is 0.712. The maximum Gasteiger partial charge on any atom is 0.0409 e. The van der Waals surface area contributed by atoms with Crippen LogP contribution in [0, 0.1) is 0 Å². The van der Waals surface area contributed by atoms with Crippen molar-refractivity contribution in [2.75, 3.05) is 20.6 Å². The van der Waals surface area contributed by atoms with Crippen molar-refractivity contribution in [2.45, 2.75) is 13.0 Å². The average molecular weight is 213 g/mol. The first-order valence-electron chi connectivity index (χ1n) is 4.79. The van der Waals surface area contributed by atoms with Gasteiger partial charge in [-0.1, -0.05) is 17.7 Å². The summed E-state index contributed by atoms with van der Waals surface area (Å²) in [5.74, 6) is 0. The molecule has 3 heteroatoms. The maximum absolute atomic E-state index is 5.91. The lowest BCUT2D eigenvalue weighted by atomic mass is 10.0. The number of benzene rings is 1. The van der Waals surface area contributed by atoms with Crippen molar-refractivity contribution in [1.29, 1.82) is 0 Å². The number of nitrogens with zero attached hydrogens (tertiary/aromatic N) is 1. The molecule has 0 radical (unpaired) electrons. The number of fused-ring (bicyclic) bond motifs is 1. The van der Waals surface area contributed by atoms with Crippen molar-refractivity contribution < 1.29 is 0 Å². The summed E-state index contributed by atoms with van der Waals surface area (Å²) in [4.78, 5) is 2.32. The first-order chi connectivity index (χ1) is 6.75. The molecule has 1 aliphatic heterocycles. The normalized spacial score (nSPS) is 15.4. The van der Waals surface area contributed by atoms with Crippen LogP contribution >= 0.6 is 11.6 Å². The molecule has 1 aromatic carbocycles. The molecule has 0 saturated heterocycles. The van der Waals surface area contributed by atoms with E-state index in [0.29, 0.717) is 0 Å². The fraction of sp³-hybridized carbons (Fsp3) is 0.455. The molecule has 0 aliphatic carbocycles. The molecule has 78 valence electrons. The standard InChI is InChI=1S/C10H12ClN.CH5N/c1-12-5-4-8-2-3-10(11)6-9(8)7-12;1-2/h2-3,6H,4-5,7H2,1H3;2H2,1H3. The molecule has 2 nitrogen and oxygen atoms in total. The molecule has 2 rings (SSSR count). The number of rotatable bonds is 0. The minimum Gasteiger partial charge on any atom is -0.333 e. The van der Waals surface area contributed by atoms with Gasteiger partial charge >= 0.3 is 0 Å². The Kier molecular flexibility index (Phi) is 4.39. The van der Waals surface area contributed by atoms with E-state index in [1.54, 1.807) is 0 Å². The predicted molar refractivity (Wildman–Crippen MR) is 61.6 cm³/mol. The number of likely N-dealkylation sites (N-methyl/N-ethyl adjacent to an activating group) is 1. The molecule has 2 N–H and O–H groups in total. The zero-order valence-corrected chi connectivity index (χ0v) is 9.51. The van der Waals surface area contributed by atoms with E-state index in [0.717, 1.165) is 24.5 Å². The lowest BCUT2D eigenvalue weighted by molar-refractivity contribution is 0.313. The topological polar surface area (TPSA) is 29.3 Å². The average Bonchev–Trinajstić information content (AvgIpc) is 2.20. The molecule has 0 spiro atoms. The van der Waals surface area contributed by atoms with E-state index in [2.05, 4.69) is 29.8 Å². The Labute approximate surface area is 90.7 Å². The van der Waals surface area contributed by atoms with Crippen LogP contribution in [0.15, 0.2) is 18.2 Å². The fourth-order valence-corrected chi connectivity index (χ4v) is 1.86. The molecule has 0 amide bonds. The van der Waals surface area contributed by atoms with Gasteiger partial charge in [0.2, 0.25) is 0 Å². The predicted octanol–water partition coefficient (Wildman–Crippen LogP) is 1.90. The van der Waals surface area contributed by atoms with E-state index in [1.165, 1.54) is 18.2 Å². The van der Waals surface area contributed by atoms with Crippen molar-refractivity contribution in [2.24, 2.45) is 5.73 Å². The van der Waals surface area contributed by atoms with Crippen molar-refractivity contribution in [3.8, 4) is 0 Å². The Hall–Kier alpha value is -0.570. The van der Waals surface area contributed by atoms with Crippen LogP contribution in [0.4, 0.5) is 0 Å². The molecule has 1 aliphatic rings. The molecule has 0 bridgehead atoms. The van der Waals surface area contributed by atoms with Crippen LogP contribution in [0.25, 0.3) is 0 Å². The zero-order chi connectivity index (χ0) is 10.6. The molecular formula is C11H17ClN2. The lowest BCUT2D eigenvalue weighted by Gasteiger charge is -2.24. The van der Waals surface area contributed by atoms with Crippen molar-refractivity contribution in [3.63, 3.8) is 0 Å². The number of hydrogen-bond acceptors (Lipinski definition) is 2. The zero-order valence-electron chi connectivity index (χ0n) is 8.76. The number of hydrogen-bond donors (Lipinski definition) is 1.